The van der Waals surface area contributed by atoms with Gasteiger partial charge in [-0.3, -0.25) is 0 Å². The molecule has 1 unspecified atom stereocenters. The minimum atomic E-state index is 0.138. The van der Waals surface area contributed by atoms with Crippen LogP contribution in [0.1, 0.15) is 50.1 Å². The van der Waals surface area contributed by atoms with Gasteiger partial charge in [0.05, 0.1) is 13.2 Å². The van der Waals surface area contributed by atoms with Gasteiger partial charge in [0.1, 0.15) is 0 Å². The van der Waals surface area contributed by atoms with Crippen LogP contribution in [0, 0.1) is 0 Å². The Balaban J connectivity index is 2.66. The summed E-state index contributed by atoms with van der Waals surface area (Å²) >= 11 is 7.50. The molecule has 1 aromatic rings. The van der Waals surface area contributed by atoms with Crippen LogP contribution in [0.2, 0.25) is 0 Å². The molecule has 1 aliphatic rings. The number of halogens is 2. The summed E-state index contributed by atoms with van der Waals surface area (Å²) in [5.74, 6) is 1.73. The van der Waals surface area contributed by atoms with E-state index in [1.807, 2.05) is 19.9 Å². The fourth-order valence-corrected chi connectivity index (χ4v) is 5.03. The second-order valence-electron chi connectivity index (χ2n) is 5.40. The van der Waals surface area contributed by atoms with Crippen LogP contribution in [0.5, 0.6) is 11.5 Å². The Bertz CT molecular complexity index is 484. The summed E-state index contributed by atoms with van der Waals surface area (Å²) in [7, 11) is 0. The Labute approximate surface area is 132 Å². The van der Waals surface area contributed by atoms with Crippen molar-refractivity contribution in [1.82, 2.24) is 0 Å². The zero-order chi connectivity index (χ0) is 14.2. The van der Waals surface area contributed by atoms with Crippen molar-refractivity contribution < 1.29 is 9.47 Å². The lowest BCUT2D eigenvalue weighted by Crippen LogP contribution is -2.13. The molecule has 0 aliphatic heterocycles. The summed E-state index contributed by atoms with van der Waals surface area (Å²) in [6.07, 6.45) is 1.07. The van der Waals surface area contributed by atoms with E-state index in [0.29, 0.717) is 18.0 Å². The molecule has 0 heterocycles. The maximum absolute atomic E-state index is 5.88. The topological polar surface area (TPSA) is 18.5 Å². The van der Waals surface area contributed by atoms with Gasteiger partial charge in [-0.2, -0.15) is 0 Å². The Morgan fingerprint density at radius 2 is 1.89 bits per heavy atom. The number of hydrogen-bond donors (Lipinski definition) is 0. The van der Waals surface area contributed by atoms with E-state index >= 15 is 0 Å². The smallest absolute Gasteiger partial charge is 0.165 e. The zero-order valence-electron chi connectivity index (χ0n) is 11.8. The molecule has 0 bridgehead atoms. The highest BCUT2D eigenvalue weighted by Gasteiger charge is 2.40. The molecular weight excluding hydrogens is 372 g/mol. The highest BCUT2D eigenvalue weighted by Crippen LogP contribution is 2.57. The van der Waals surface area contributed by atoms with Gasteiger partial charge in [0.25, 0.3) is 0 Å². The first-order valence-electron chi connectivity index (χ1n) is 6.68. The zero-order valence-corrected chi connectivity index (χ0v) is 15.0. The lowest BCUT2D eigenvalue weighted by molar-refractivity contribution is 0.285. The summed E-state index contributed by atoms with van der Waals surface area (Å²) in [6, 6.07) is 2.04. The number of alkyl halides is 1. The summed E-state index contributed by atoms with van der Waals surface area (Å²) in [6.45, 7) is 9.83. The molecule has 0 radical (unpaired) electrons. The van der Waals surface area contributed by atoms with Crippen molar-refractivity contribution in [3.8, 4) is 11.5 Å². The van der Waals surface area contributed by atoms with Gasteiger partial charge in [0.15, 0.2) is 11.5 Å². The predicted octanol–water partition coefficient (Wildman–Crippen LogP) is 5.36. The van der Waals surface area contributed by atoms with Gasteiger partial charge < -0.3 is 9.47 Å². The third kappa shape index (κ3) is 2.66. The lowest BCUT2D eigenvalue weighted by Gasteiger charge is -2.22. The Kier molecular flexibility index (Phi) is 4.51. The number of benzene rings is 1. The number of ether oxygens (including phenoxy) is 2. The van der Waals surface area contributed by atoms with Gasteiger partial charge in [-0.1, -0.05) is 45.7 Å². The second kappa shape index (κ2) is 5.65. The summed E-state index contributed by atoms with van der Waals surface area (Å²) in [4.78, 5) is 0.316. The van der Waals surface area contributed by atoms with E-state index in [0.717, 1.165) is 22.4 Å². The van der Waals surface area contributed by atoms with Crippen LogP contribution in [0.4, 0.5) is 0 Å². The predicted molar refractivity (Wildman–Crippen MR) is 85.8 cm³/mol. The van der Waals surface area contributed by atoms with E-state index < -0.39 is 0 Å². The number of rotatable bonds is 4. The van der Waals surface area contributed by atoms with Gasteiger partial charge in [-0.25, -0.2) is 0 Å². The Hall–Kier alpha value is -0.220. The van der Waals surface area contributed by atoms with Gasteiger partial charge >= 0.3 is 0 Å². The molecule has 1 aliphatic carbocycles. The summed E-state index contributed by atoms with van der Waals surface area (Å²) in [5.41, 5.74) is 2.71. The molecule has 4 heteroatoms. The third-order valence-corrected chi connectivity index (χ3v) is 4.91. The second-order valence-corrected chi connectivity index (χ2v) is 7.36. The van der Waals surface area contributed by atoms with Crippen LogP contribution in [0.25, 0.3) is 0 Å². The average Bonchev–Trinajstić information content (AvgIpc) is 2.55. The van der Waals surface area contributed by atoms with Crippen molar-refractivity contribution in [1.29, 1.82) is 0 Å². The molecule has 0 spiro atoms. The maximum atomic E-state index is 5.88. The van der Waals surface area contributed by atoms with Gasteiger partial charge in [0.2, 0.25) is 0 Å². The largest absolute Gasteiger partial charge is 0.490 e. The summed E-state index contributed by atoms with van der Waals surface area (Å²) < 4.78 is 12.7. The lowest BCUT2D eigenvalue weighted by atomic mass is 9.86. The molecule has 0 N–H and O–H groups in total. The highest BCUT2D eigenvalue weighted by atomic mass is 79.9. The molecule has 0 fully saturated rings. The maximum Gasteiger partial charge on any atom is 0.165 e. The number of fused-ring (bicyclic) bond motifs is 1. The van der Waals surface area contributed by atoms with Crippen LogP contribution < -0.4 is 9.47 Å². The van der Waals surface area contributed by atoms with Crippen molar-refractivity contribution in [3.63, 3.8) is 0 Å². The monoisotopic (exact) mass is 390 g/mol. The number of hydrogen-bond acceptors (Lipinski definition) is 2. The molecule has 2 nitrogen and oxygen atoms in total. The SMILES string of the molecule is CCOc1cc(Br)c2c(c1OCC)C(Br)CC2(C)C. The molecule has 1 atom stereocenters. The molecule has 106 valence electrons. The normalized spacial score (nSPS) is 20.2. The fraction of sp³-hybridized carbons (Fsp3) is 0.600. The molecule has 0 amide bonds. The van der Waals surface area contributed by atoms with E-state index in [4.69, 9.17) is 9.47 Å². The van der Waals surface area contributed by atoms with E-state index in [1.54, 1.807) is 0 Å². The van der Waals surface area contributed by atoms with Crippen molar-refractivity contribution >= 4 is 31.9 Å². The van der Waals surface area contributed by atoms with Crippen LogP contribution >= 0.6 is 31.9 Å². The highest BCUT2D eigenvalue weighted by molar-refractivity contribution is 9.10. The molecule has 19 heavy (non-hydrogen) atoms. The van der Waals surface area contributed by atoms with E-state index in [9.17, 15) is 0 Å². The van der Waals surface area contributed by atoms with Crippen molar-refractivity contribution in [3.05, 3.63) is 21.7 Å². The Morgan fingerprint density at radius 3 is 2.47 bits per heavy atom. The van der Waals surface area contributed by atoms with Gasteiger partial charge in [0, 0.05) is 14.9 Å². The van der Waals surface area contributed by atoms with E-state index in [2.05, 4.69) is 45.7 Å². The van der Waals surface area contributed by atoms with Crippen LogP contribution in [0.3, 0.4) is 0 Å². The van der Waals surface area contributed by atoms with Gasteiger partial charge in [-0.05, 0) is 37.3 Å². The van der Waals surface area contributed by atoms with Crippen molar-refractivity contribution in [2.75, 3.05) is 13.2 Å². The standard InChI is InChI=1S/C15H20Br2O2/c1-5-18-11-7-9(16)13-12(14(11)19-6-2)10(17)8-15(13,3)4/h7,10H,5-6,8H2,1-4H3. The molecule has 0 saturated carbocycles. The quantitative estimate of drug-likeness (QED) is 0.642. The first-order chi connectivity index (χ1) is 8.92. The minimum Gasteiger partial charge on any atom is -0.490 e. The molecule has 0 aromatic heterocycles. The average molecular weight is 392 g/mol. The Morgan fingerprint density at radius 1 is 1.26 bits per heavy atom. The first kappa shape index (κ1) is 15.2. The molecular formula is C15H20Br2O2. The van der Waals surface area contributed by atoms with Crippen molar-refractivity contribution in [2.45, 2.75) is 44.4 Å². The third-order valence-electron chi connectivity index (χ3n) is 3.50. The summed E-state index contributed by atoms with van der Waals surface area (Å²) in [5, 5.41) is 0. The molecule has 2 rings (SSSR count). The van der Waals surface area contributed by atoms with Gasteiger partial charge in [-0.15, -0.1) is 0 Å². The van der Waals surface area contributed by atoms with Crippen LogP contribution in [-0.4, -0.2) is 13.2 Å². The minimum absolute atomic E-state index is 0.138. The molecule has 0 saturated heterocycles. The van der Waals surface area contributed by atoms with Crippen LogP contribution in [-0.2, 0) is 5.41 Å². The van der Waals surface area contributed by atoms with Crippen molar-refractivity contribution in [2.24, 2.45) is 0 Å². The first-order valence-corrected chi connectivity index (χ1v) is 8.39. The van der Waals surface area contributed by atoms with E-state index in [1.165, 1.54) is 11.1 Å². The van der Waals surface area contributed by atoms with E-state index in [-0.39, 0.29) is 5.41 Å². The molecule has 1 aromatic carbocycles. The van der Waals surface area contributed by atoms with Crippen LogP contribution in [0.15, 0.2) is 10.5 Å². The fourth-order valence-electron chi connectivity index (χ4n) is 2.82.